The molecule has 58 heavy (non-hydrogen) atoms. The lowest BCUT2D eigenvalue weighted by Crippen LogP contribution is -2.26. The molecule has 9 aromatic carbocycles. The first-order valence-electron chi connectivity index (χ1n) is 19.8. The van der Waals surface area contributed by atoms with Crippen molar-refractivity contribution in [3.8, 4) is 56.4 Å². The van der Waals surface area contributed by atoms with Crippen molar-refractivity contribution in [1.82, 2.24) is 15.0 Å². The number of benzene rings is 9. The van der Waals surface area contributed by atoms with Crippen LogP contribution in [-0.2, 0) is 5.41 Å². The van der Waals surface area contributed by atoms with E-state index in [0.717, 1.165) is 44.2 Å². The van der Waals surface area contributed by atoms with E-state index in [1.54, 1.807) is 0 Å². The normalized spacial score (nSPS) is 13.3. The molecule has 0 saturated carbocycles. The molecule has 0 amide bonds. The fourth-order valence-corrected chi connectivity index (χ4v) is 10.00. The largest absolute Gasteiger partial charge is 0.456 e. The lowest BCUT2D eigenvalue weighted by Gasteiger charge is -2.30. The molecule has 0 atom stereocenters. The third kappa shape index (κ3) is 4.26. The molecule has 0 N–H and O–H groups in total. The Kier molecular flexibility index (Phi) is 6.34. The zero-order valence-electron chi connectivity index (χ0n) is 31.1. The number of rotatable bonds is 4. The fraction of sp³-hybridized carbons (Fsp3) is 0.0185. The Bertz CT molecular complexity index is 3450. The van der Waals surface area contributed by atoms with Crippen molar-refractivity contribution in [3.63, 3.8) is 0 Å². The van der Waals surface area contributed by atoms with Gasteiger partial charge in [-0.3, -0.25) is 0 Å². The van der Waals surface area contributed by atoms with Crippen molar-refractivity contribution in [3.05, 3.63) is 210 Å². The monoisotopic (exact) mass is 737 g/mol. The molecular weight excluding hydrogens is 707 g/mol. The molecule has 0 saturated heterocycles. The van der Waals surface area contributed by atoms with Crippen LogP contribution in [0.1, 0.15) is 22.3 Å². The summed E-state index contributed by atoms with van der Waals surface area (Å²) >= 11 is 0. The van der Waals surface area contributed by atoms with E-state index in [1.807, 2.05) is 60.7 Å². The van der Waals surface area contributed by atoms with Gasteiger partial charge in [-0.15, -0.1) is 0 Å². The van der Waals surface area contributed by atoms with Gasteiger partial charge in [0.25, 0.3) is 0 Å². The van der Waals surface area contributed by atoms with Crippen molar-refractivity contribution in [2.45, 2.75) is 5.41 Å². The van der Waals surface area contributed by atoms with Gasteiger partial charge >= 0.3 is 0 Å². The summed E-state index contributed by atoms with van der Waals surface area (Å²) < 4.78 is 6.13. The van der Waals surface area contributed by atoms with Crippen LogP contribution in [-0.4, -0.2) is 15.0 Å². The minimum atomic E-state index is -0.362. The van der Waals surface area contributed by atoms with Crippen molar-refractivity contribution in [1.29, 1.82) is 0 Å². The minimum absolute atomic E-state index is 0.362. The van der Waals surface area contributed by atoms with Crippen LogP contribution in [0.15, 0.2) is 192 Å². The Balaban J connectivity index is 0.927. The van der Waals surface area contributed by atoms with Crippen LogP contribution in [0.4, 0.5) is 0 Å². The Hall–Kier alpha value is -7.69. The number of para-hydroxylation sites is 1. The molecule has 0 bridgehead atoms. The lowest BCUT2D eigenvalue weighted by atomic mass is 9.70. The molecule has 4 heteroatoms. The van der Waals surface area contributed by atoms with Crippen LogP contribution < -0.4 is 0 Å². The number of furan rings is 1. The molecule has 1 spiro atoms. The number of nitrogens with zero attached hydrogens (tertiary/aromatic N) is 3. The van der Waals surface area contributed by atoms with Crippen molar-refractivity contribution in [2.75, 3.05) is 0 Å². The second-order valence-corrected chi connectivity index (χ2v) is 15.5. The van der Waals surface area contributed by atoms with Gasteiger partial charge in [0.05, 0.1) is 5.41 Å². The zero-order valence-corrected chi connectivity index (χ0v) is 31.1. The Labute approximate surface area is 333 Å². The highest BCUT2D eigenvalue weighted by atomic mass is 16.3. The van der Waals surface area contributed by atoms with Crippen LogP contribution in [0.25, 0.3) is 99.9 Å². The molecule has 11 aromatic rings. The van der Waals surface area contributed by atoms with E-state index < -0.39 is 0 Å². The standard InChI is InChI=1S/C54H31N3O/c1-2-10-35(11-3-1)51-55-52(57-53(56-51)38-27-29-48-42(31-38)40-15-5-7-19-47(40)58-48)36-24-20-32(21-25-36)37-26-28-44-41(30-37)39-14-4-6-16-43(39)54(44)45-17-8-12-33-22-23-34-13-9-18-46(54)50(34)49(33)45/h1-31H. The molecular formula is C54H31N3O. The highest BCUT2D eigenvalue weighted by molar-refractivity contribution is 6.17. The van der Waals surface area contributed by atoms with E-state index in [1.165, 1.54) is 60.5 Å². The zero-order chi connectivity index (χ0) is 38.0. The summed E-state index contributed by atoms with van der Waals surface area (Å²) in [5, 5.41) is 7.46. The molecule has 268 valence electrons. The second kappa shape index (κ2) is 11.7. The summed E-state index contributed by atoms with van der Waals surface area (Å²) in [4.78, 5) is 15.1. The molecule has 13 rings (SSSR count). The van der Waals surface area contributed by atoms with E-state index in [0.29, 0.717) is 17.5 Å². The van der Waals surface area contributed by atoms with Crippen molar-refractivity contribution >= 4 is 43.5 Å². The van der Waals surface area contributed by atoms with Gasteiger partial charge < -0.3 is 4.42 Å². The quantitative estimate of drug-likeness (QED) is 0.169. The van der Waals surface area contributed by atoms with E-state index in [-0.39, 0.29) is 5.41 Å². The summed E-state index contributed by atoms with van der Waals surface area (Å²) in [6.45, 7) is 0. The Morgan fingerprint density at radius 1 is 0.328 bits per heavy atom. The van der Waals surface area contributed by atoms with Crippen molar-refractivity contribution < 1.29 is 4.42 Å². The Morgan fingerprint density at radius 3 is 1.64 bits per heavy atom. The van der Waals surface area contributed by atoms with Gasteiger partial charge in [-0.1, -0.05) is 158 Å². The molecule has 4 nitrogen and oxygen atoms in total. The first kappa shape index (κ1) is 31.5. The van der Waals surface area contributed by atoms with Crippen molar-refractivity contribution in [2.24, 2.45) is 0 Å². The highest BCUT2D eigenvalue weighted by Gasteiger charge is 2.50. The SMILES string of the molecule is c1ccc(-c2nc(-c3ccc(-c4ccc5c(c4)-c4ccccc4C54c5cccc6ccc7cccc4c7c56)cc3)nc(-c3ccc4oc5ccccc5c4c3)n2)cc1. The maximum Gasteiger partial charge on any atom is 0.164 e. The molecule has 0 aliphatic heterocycles. The third-order valence-electron chi connectivity index (χ3n) is 12.5. The van der Waals surface area contributed by atoms with Crippen LogP contribution >= 0.6 is 0 Å². The first-order chi connectivity index (χ1) is 28.7. The maximum atomic E-state index is 6.13. The number of aromatic nitrogens is 3. The molecule has 0 unspecified atom stereocenters. The summed E-state index contributed by atoms with van der Waals surface area (Å²) in [6.07, 6.45) is 0. The molecule has 2 aromatic heterocycles. The Morgan fingerprint density at radius 2 is 0.879 bits per heavy atom. The number of hydrogen-bond acceptors (Lipinski definition) is 4. The topological polar surface area (TPSA) is 51.8 Å². The second-order valence-electron chi connectivity index (χ2n) is 15.5. The average Bonchev–Trinajstić information content (AvgIpc) is 3.93. The summed E-state index contributed by atoms with van der Waals surface area (Å²) in [7, 11) is 0. The first-order valence-corrected chi connectivity index (χ1v) is 19.8. The molecule has 2 aliphatic rings. The van der Waals surface area contributed by atoms with Gasteiger partial charge in [0, 0.05) is 27.5 Å². The van der Waals surface area contributed by atoms with Crippen LogP contribution in [0.5, 0.6) is 0 Å². The minimum Gasteiger partial charge on any atom is -0.456 e. The van der Waals surface area contributed by atoms with Crippen LogP contribution in [0, 0.1) is 0 Å². The number of fused-ring (bicyclic) bond motifs is 10. The van der Waals surface area contributed by atoms with Crippen LogP contribution in [0.2, 0.25) is 0 Å². The van der Waals surface area contributed by atoms with Gasteiger partial charge in [-0.05, 0) is 96.4 Å². The molecule has 0 radical (unpaired) electrons. The van der Waals surface area contributed by atoms with E-state index in [9.17, 15) is 0 Å². The highest BCUT2D eigenvalue weighted by Crippen LogP contribution is 2.62. The van der Waals surface area contributed by atoms with Gasteiger partial charge in [0.15, 0.2) is 17.5 Å². The average molecular weight is 738 g/mol. The number of hydrogen-bond donors (Lipinski definition) is 0. The van der Waals surface area contributed by atoms with Gasteiger partial charge in [0.1, 0.15) is 11.2 Å². The molecule has 2 heterocycles. The van der Waals surface area contributed by atoms with E-state index >= 15 is 0 Å². The summed E-state index contributed by atoms with van der Waals surface area (Å²) in [5.74, 6) is 1.88. The third-order valence-corrected chi connectivity index (χ3v) is 12.5. The van der Waals surface area contributed by atoms with Gasteiger partial charge in [-0.25, -0.2) is 15.0 Å². The predicted molar refractivity (Wildman–Crippen MR) is 235 cm³/mol. The lowest BCUT2D eigenvalue weighted by molar-refractivity contribution is 0.669. The van der Waals surface area contributed by atoms with Gasteiger partial charge in [0.2, 0.25) is 0 Å². The van der Waals surface area contributed by atoms with Crippen LogP contribution in [0.3, 0.4) is 0 Å². The molecule has 0 fully saturated rings. The summed E-state index contributed by atoms with van der Waals surface area (Å²) in [5.41, 5.74) is 14.5. The van der Waals surface area contributed by atoms with E-state index in [2.05, 4.69) is 127 Å². The fourth-order valence-electron chi connectivity index (χ4n) is 10.00. The van der Waals surface area contributed by atoms with E-state index in [4.69, 9.17) is 19.4 Å². The maximum absolute atomic E-state index is 6.13. The predicted octanol–water partition coefficient (Wildman–Crippen LogP) is 13.4. The van der Waals surface area contributed by atoms with Gasteiger partial charge in [-0.2, -0.15) is 0 Å². The summed E-state index contributed by atoms with van der Waals surface area (Å²) in [6, 6.07) is 67.4. The smallest absolute Gasteiger partial charge is 0.164 e. The molecule has 2 aliphatic carbocycles.